The number of hydrogen-bond donors (Lipinski definition) is 1. The summed E-state index contributed by atoms with van der Waals surface area (Å²) in [6.45, 7) is 1.40. The molecule has 1 amide bonds. The average molecular weight is 334 g/mol. The molecule has 0 saturated heterocycles. The lowest BCUT2D eigenvalue weighted by Crippen LogP contribution is -2.32. The van der Waals surface area contributed by atoms with Gasteiger partial charge in [0.15, 0.2) is 0 Å². The highest BCUT2D eigenvalue weighted by Gasteiger charge is 2.42. The quantitative estimate of drug-likeness (QED) is 0.745. The molecule has 1 aromatic heterocycles. The second kappa shape index (κ2) is 6.37. The predicted octanol–water partition coefficient (Wildman–Crippen LogP) is 3.79. The second-order valence-electron chi connectivity index (χ2n) is 6.91. The zero-order chi connectivity index (χ0) is 17.3. The van der Waals surface area contributed by atoms with E-state index in [-0.39, 0.29) is 11.3 Å². The minimum atomic E-state index is -0.0220. The van der Waals surface area contributed by atoms with Crippen molar-refractivity contribution in [2.75, 3.05) is 20.3 Å². The summed E-state index contributed by atoms with van der Waals surface area (Å²) in [5.74, 6) is -0.0220. The third-order valence-electron chi connectivity index (χ3n) is 5.04. The van der Waals surface area contributed by atoms with Crippen molar-refractivity contribution >= 4 is 16.8 Å². The highest BCUT2D eigenvalue weighted by molar-refractivity contribution is 5.94. The number of benzene rings is 2. The zero-order valence-electron chi connectivity index (χ0n) is 14.4. The number of methoxy groups -OCH3 is 1. The van der Waals surface area contributed by atoms with Crippen LogP contribution in [0, 0.1) is 5.41 Å². The van der Waals surface area contributed by atoms with Gasteiger partial charge in [-0.15, -0.1) is 0 Å². The van der Waals surface area contributed by atoms with Gasteiger partial charge in [0.05, 0.1) is 12.1 Å². The van der Waals surface area contributed by atoms with E-state index in [0.29, 0.717) is 18.7 Å². The number of carbonyl (C=O) groups is 1. The largest absolute Gasteiger partial charge is 0.384 e. The maximum atomic E-state index is 12.4. The van der Waals surface area contributed by atoms with Crippen molar-refractivity contribution in [1.82, 2.24) is 9.88 Å². The van der Waals surface area contributed by atoms with Crippen molar-refractivity contribution in [3.05, 3.63) is 66.4 Å². The lowest BCUT2D eigenvalue weighted by atomic mass is 10.1. The van der Waals surface area contributed by atoms with Gasteiger partial charge in [-0.3, -0.25) is 4.79 Å². The van der Waals surface area contributed by atoms with E-state index in [1.165, 1.54) is 5.39 Å². The Morgan fingerprint density at radius 2 is 1.88 bits per heavy atom. The highest BCUT2D eigenvalue weighted by atomic mass is 16.5. The molecule has 2 aromatic carbocycles. The molecule has 0 unspecified atom stereocenters. The summed E-state index contributed by atoms with van der Waals surface area (Å²) in [5.41, 5.74) is 3.06. The van der Waals surface area contributed by atoms with Crippen LogP contribution >= 0.6 is 0 Å². The van der Waals surface area contributed by atoms with Gasteiger partial charge < -0.3 is 14.6 Å². The van der Waals surface area contributed by atoms with Crippen molar-refractivity contribution in [3.63, 3.8) is 0 Å². The maximum Gasteiger partial charge on any atom is 0.251 e. The van der Waals surface area contributed by atoms with E-state index in [0.717, 1.165) is 24.0 Å². The standard InChI is InChI=1S/C21H22N2O2/c1-25-15-21(11-12-21)14-22-20(24)17-6-8-18(9-7-17)23-13-10-16-4-2-3-5-19(16)23/h2-10,13H,11-12,14-15H2,1H3,(H,22,24). The SMILES string of the molecule is COCC1(CNC(=O)c2ccc(-n3ccc4ccccc43)cc2)CC1. The molecule has 0 spiro atoms. The fourth-order valence-electron chi connectivity index (χ4n) is 3.31. The summed E-state index contributed by atoms with van der Waals surface area (Å²) in [4.78, 5) is 12.4. The van der Waals surface area contributed by atoms with Gasteiger partial charge in [0.1, 0.15) is 0 Å². The minimum absolute atomic E-state index is 0.0220. The van der Waals surface area contributed by atoms with E-state index in [2.05, 4.69) is 34.3 Å². The second-order valence-corrected chi connectivity index (χ2v) is 6.91. The first-order chi connectivity index (χ1) is 12.2. The number of para-hydroxylation sites is 1. The van der Waals surface area contributed by atoms with Crippen LogP contribution in [-0.2, 0) is 4.74 Å². The summed E-state index contributed by atoms with van der Waals surface area (Å²) in [5, 5.41) is 4.25. The molecule has 4 heteroatoms. The van der Waals surface area contributed by atoms with Crippen molar-refractivity contribution in [3.8, 4) is 5.69 Å². The van der Waals surface area contributed by atoms with Gasteiger partial charge in [-0.05, 0) is 54.6 Å². The van der Waals surface area contributed by atoms with Gasteiger partial charge in [0.25, 0.3) is 5.91 Å². The molecule has 4 nitrogen and oxygen atoms in total. The summed E-state index contributed by atoms with van der Waals surface area (Å²) in [6.07, 6.45) is 4.31. The fraction of sp³-hybridized carbons (Fsp3) is 0.286. The van der Waals surface area contributed by atoms with Crippen LogP contribution in [-0.4, -0.2) is 30.7 Å². The lowest BCUT2D eigenvalue weighted by Gasteiger charge is -2.15. The third-order valence-corrected chi connectivity index (χ3v) is 5.04. The molecule has 4 rings (SSSR count). The molecule has 0 aliphatic heterocycles. The Balaban J connectivity index is 1.47. The molecule has 0 radical (unpaired) electrons. The number of hydrogen-bond acceptors (Lipinski definition) is 2. The third kappa shape index (κ3) is 3.17. The molecule has 25 heavy (non-hydrogen) atoms. The number of aromatic nitrogens is 1. The number of fused-ring (bicyclic) bond motifs is 1. The zero-order valence-corrected chi connectivity index (χ0v) is 14.4. The fourth-order valence-corrected chi connectivity index (χ4v) is 3.31. The van der Waals surface area contributed by atoms with Crippen LogP contribution in [0.4, 0.5) is 0 Å². The summed E-state index contributed by atoms with van der Waals surface area (Å²) >= 11 is 0. The first kappa shape index (κ1) is 15.9. The van der Waals surface area contributed by atoms with E-state index in [1.807, 2.05) is 36.4 Å². The van der Waals surface area contributed by atoms with Crippen LogP contribution in [0.3, 0.4) is 0 Å². The van der Waals surface area contributed by atoms with Crippen molar-refractivity contribution in [1.29, 1.82) is 0 Å². The summed E-state index contributed by atoms with van der Waals surface area (Å²) < 4.78 is 7.38. The van der Waals surface area contributed by atoms with E-state index in [9.17, 15) is 4.79 Å². The average Bonchev–Trinajstić information content (AvgIpc) is 3.28. The Hall–Kier alpha value is -2.59. The van der Waals surface area contributed by atoms with Crippen LogP contribution in [0.25, 0.3) is 16.6 Å². The van der Waals surface area contributed by atoms with Gasteiger partial charge >= 0.3 is 0 Å². The first-order valence-corrected chi connectivity index (χ1v) is 8.64. The Kier molecular flexibility index (Phi) is 4.06. The van der Waals surface area contributed by atoms with Crippen LogP contribution in [0.2, 0.25) is 0 Å². The molecule has 0 atom stereocenters. The summed E-state index contributed by atoms with van der Waals surface area (Å²) in [6, 6.07) is 18.1. The molecule has 0 bridgehead atoms. The van der Waals surface area contributed by atoms with Crippen molar-refractivity contribution < 1.29 is 9.53 Å². The van der Waals surface area contributed by atoms with Gasteiger partial charge in [0, 0.05) is 36.5 Å². The van der Waals surface area contributed by atoms with E-state index < -0.39 is 0 Å². The molecule has 1 aliphatic rings. The number of amides is 1. The van der Waals surface area contributed by atoms with Gasteiger partial charge in [0.2, 0.25) is 0 Å². The van der Waals surface area contributed by atoms with Crippen LogP contribution in [0.5, 0.6) is 0 Å². The topological polar surface area (TPSA) is 43.3 Å². The smallest absolute Gasteiger partial charge is 0.251 e. The maximum absolute atomic E-state index is 12.4. The monoisotopic (exact) mass is 334 g/mol. The molecule has 1 heterocycles. The highest BCUT2D eigenvalue weighted by Crippen LogP contribution is 2.45. The molecular weight excluding hydrogens is 312 g/mol. The predicted molar refractivity (Wildman–Crippen MR) is 99.2 cm³/mol. The molecule has 3 aromatic rings. The van der Waals surface area contributed by atoms with E-state index in [1.54, 1.807) is 7.11 Å². The Bertz CT molecular complexity index is 892. The number of ether oxygens (including phenoxy) is 1. The van der Waals surface area contributed by atoms with Crippen molar-refractivity contribution in [2.45, 2.75) is 12.8 Å². The van der Waals surface area contributed by atoms with Crippen molar-refractivity contribution in [2.24, 2.45) is 5.41 Å². The number of rotatable bonds is 6. The molecular formula is C21H22N2O2. The number of carbonyl (C=O) groups excluding carboxylic acids is 1. The number of nitrogens with one attached hydrogen (secondary N) is 1. The molecule has 128 valence electrons. The van der Waals surface area contributed by atoms with E-state index >= 15 is 0 Å². The van der Waals surface area contributed by atoms with Gasteiger partial charge in [-0.25, -0.2) is 0 Å². The van der Waals surface area contributed by atoms with E-state index in [4.69, 9.17) is 4.74 Å². The van der Waals surface area contributed by atoms with Gasteiger partial charge in [-0.2, -0.15) is 0 Å². The van der Waals surface area contributed by atoms with Crippen LogP contribution < -0.4 is 5.32 Å². The van der Waals surface area contributed by atoms with Crippen LogP contribution in [0.1, 0.15) is 23.2 Å². The Labute approximate surface area is 147 Å². The van der Waals surface area contributed by atoms with Gasteiger partial charge in [-0.1, -0.05) is 18.2 Å². The summed E-state index contributed by atoms with van der Waals surface area (Å²) in [7, 11) is 1.71. The Morgan fingerprint density at radius 3 is 2.60 bits per heavy atom. The Morgan fingerprint density at radius 1 is 1.12 bits per heavy atom. The molecule has 1 saturated carbocycles. The molecule has 1 fully saturated rings. The normalized spacial score (nSPS) is 15.2. The minimum Gasteiger partial charge on any atom is -0.384 e. The lowest BCUT2D eigenvalue weighted by molar-refractivity contribution is 0.0919. The van der Waals surface area contributed by atoms with Crippen LogP contribution in [0.15, 0.2) is 60.8 Å². The number of nitrogens with zero attached hydrogens (tertiary/aromatic N) is 1. The first-order valence-electron chi connectivity index (χ1n) is 8.64. The molecule has 1 aliphatic carbocycles. The molecule has 1 N–H and O–H groups in total.